The monoisotopic (exact) mass is 632 g/mol. The van der Waals surface area contributed by atoms with Crippen molar-refractivity contribution in [3.8, 4) is 5.75 Å². The molecule has 3 aromatic rings. The van der Waals surface area contributed by atoms with Crippen LogP contribution in [-0.2, 0) is 6.61 Å². The summed E-state index contributed by atoms with van der Waals surface area (Å²) in [6.45, 7) is 0.280. The molecule has 0 bridgehead atoms. The highest BCUT2D eigenvalue weighted by Crippen LogP contribution is 2.35. The van der Waals surface area contributed by atoms with Crippen molar-refractivity contribution in [1.82, 2.24) is 5.43 Å². The van der Waals surface area contributed by atoms with Gasteiger partial charge in [-0.1, -0.05) is 41.4 Å². The van der Waals surface area contributed by atoms with Crippen LogP contribution in [0.25, 0.3) is 0 Å². The fourth-order valence-electron chi connectivity index (χ4n) is 2.45. The van der Waals surface area contributed by atoms with Gasteiger partial charge >= 0.3 is 0 Å². The Balaban J connectivity index is 1.67. The molecular formula is C21H13Br3Cl2N2O2. The number of halogens is 5. The summed E-state index contributed by atoms with van der Waals surface area (Å²) < 4.78 is 8.05. The lowest BCUT2D eigenvalue weighted by Crippen LogP contribution is -2.18. The summed E-state index contributed by atoms with van der Waals surface area (Å²) in [6.07, 6.45) is 1.55. The van der Waals surface area contributed by atoms with Crippen LogP contribution in [0.5, 0.6) is 5.75 Å². The Morgan fingerprint density at radius 3 is 2.37 bits per heavy atom. The van der Waals surface area contributed by atoms with Gasteiger partial charge in [0.1, 0.15) is 12.4 Å². The molecule has 0 saturated carbocycles. The first-order chi connectivity index (χ1) is 14.3. The molecule has 0 aromatic heterocycles. The minimum Gasteiger partial charge on any atom is -0.486 e. The molecular weight excluding hydrogens is 623 g/mol. The fourth-order valence-corrected chi connectivity index (χ4v) is 4.83. The molecule has 0 fully saturated rings. The van der Waals surface area contributed by atoms with Crippen LogP contribution in [0.1, 0.15) is 21.5 Å². The van der Waals surface area contributed by atoms with Gasteiger partial charge in [-0.3, -0.25) is 4.79 Å². The van der Waals surface area contributed by atoms with Gasteiger partial charge in [-0.2, -0.15) is 5.10 Å². The van der Waals surface area contributed by atoms with E-state index in [4.69, 9.17) is 27.9 Å². The van der Waals surface area contributed by atoms with E-state index in [0.29, 0.717) is 25.8 Å². The van der Waals surface area contributed by atoms with Gasteiger partial charge in [-0.15, -0.1) is 0 Å². The van der Waals surface area contributed by atoms with Crippen molar-refractivity contribution in [2.75, 3.05) is 0 Å². The van der Waals surface area contributed by atoms with E-state index in [1.807, 2.05) is 24.3 Å². The van der Waals surface area contributed by atoms with Crippen molar-refractivity contribution < 1.29 is 9.53 Å². The quantitative estimate of drug-likeness (QED) is 0.224. The van der Waals surface area contributed by atoms with Crippen LogP contribution in [-0.4, -0.2) is 12.1 Å². The second-order valence-electron chi connectivity index (χ2n) is 6.02. The third-order valence-electron chi connectivity index (χ3n) is 3.91. The molecule has 0 unspecified atom stereocenters. The zero-order chi connectivity index (χ0) is 21.7. The Kier molecular flexibility index (Phi) is 8.36. The van der Waals surface area contributed by atoms with E-state index in [0.717, 1.165) is 20.1 Å². The van der Waals surface area contributed by atoms with E-state index in [1.54, 1.807) is 36.5 Å². The number of rotatable bonds is 6. The van der Waals surface area contributed by atoms with Crippen LogP contribution >= 0.6 is 71.0 Å². The van der Waals surface area contributed by atoms with Crippen molar-refractivity contribution in [2.45, 2.75) is 6.61 Å². The van der Waals surface area contributed by atoms with Gasteiger partial charge in [0.25, 0.3) is 5.91 Å². The van der Waals surface area contributed by atoms with E-state index in [2.05, 4.69) is 58.3 Å². The van der Waals surface area contributed by atoms with E-state index < -0.39 is 0 Å². The molecule has 0 radical (unpaired) electrons. The Labute approximate surface area is 209 Å². The Morgan fingerprint density at radius 1 is 1.00 bits per heavy atom. The Hall–Kier alpha value is -1.38. The lowest BCUT2D eigenvalue weighted by Gasteiger charge is -2.12. The molecule has 9 heteroatoms. The maximum atomic E-state index is 12.2. The molecule has 1 amide bonds. The van der Waals surface area contributed by atoms with Gasteiger partial charge in [0, 0.05) is 20.1 Å². The molecule has 0 heterocycles. The lowest BCUT2D eigenvalue weighted by atomic mass is 10.2. The molecule has 1 N–H and O–H groups in total. The number of hydrogen-bond donors (Lipinski definition) is 1. The zero-order valence-corrected chi connectivity index (χ0v) is 21.4. The molecule has 3 rings (SSSR count). The Bertz CT molecular complexity index is 1100. The number of nitrogens with one attached hydrogen (secondary N) is 1. The molecule has 4 nitrogen and oxygen atoms in total. The normalized spacial score (nSPS) is 11.0. The third kappa shape index (κ3) is 6.08. The summed E-state index contributed by atoms with van der Waals surface area (Å²) in [7, 11) is 0. The van der Waals surface area contributed by atoms with Crippen molar-refractivity contribution in [2.24, 2.45) is 5.10 Å². The molecule has 30 heavy (non-hydrogen) atoms. The predicted molar refractivity (Wildman–Crippen MR) is 132 cm³/mol. The van der Waals surface area contributed by atoms with Gasteiger partial charge < -0.3 is 4.74 Å². The summed E-state index contributed by atoms with van der Waals surface area (Å²) in [5, 5.41) is 5.14. The molecule has 3 aromatic carbocycles. The molecule has 0 spiro atoms. The highest BCUT2D eigenvalue weighted by molar-refractivity contribution is 9.11. The maximum Gasteiger partial charge on any atom is 0.272 e. The minimum atomic E-state index is -0.309. The van der Waals surface area contributed by atoms with E-state index in [1.165, 1.54) is 0 Å². The van der Waals surface area contributed by atoms with Crippen molar-refractivity contribution >= 4 is 83.1 Å². The standard InChI is InChI=1S/C21H13Br3Cl2N2O2/c22-16-4-2-1-3-15(16)21(29)28-27-10-12-7-17(23)20(18(24)8-12)30-11-13-5-6-14(25)9-19(13)26/h1-10H,11H2,(H,28,29)/b27-10-. The van der Waals surface area contributed by atoms with Gasteiger partial charge in [0.15, 0.2) is 0 Å². The lowest BCUT2D eigenvalue weighted by molar-refractivity contribution is 0.0954. The van der Waals surface area contributed by atoms with E-state index in [-0.39, 0.29) is 12.5 Å². The summed E-state index contributed by atoms with van der Waals surface area (Å²) in [5.74, 6) is 0.312. The molecule has 154 valence electrons. The molecule has 0 aliphatic rings. The topological polar surface area (TPSA) is 50.7 Å². The fraction of sp³-hybridized carbons (Fsp3) is 0.0476. The summed E-state index contributed by atoms with van der Waals surface area (Å²) >= 11 is 22.5. The van der Waals surface area contributed by atoms with E-state index >= 15 is 0 Å². The second kappa shape index (κ2) is 10.8. The van der Waals surface area contributed by atoms with Crippen LogP contribution in [0.15, 0.2) is 73.1 Å². The number of benzene rings is 3. The van der Waals surface area contributed by atoms with Crippen molar-refractivity contribution in [1.29, 1.82) is 0 Å². The third-order valence-corrected chi connectivity index (χ3v) is 6.36. The van der Waals surface area contributed by atoms with E-state index in [9.17, 15) is 4.79 Å². The van der Waals surface area contributed by atoms with Crippen LogP contribution in [0.2, 0.25) is 10.0 Å². The first-order valence-corrected chi connectivity index (χ1v) is 11.6. The van der Waals surface area contributed by atoms with Crippen LogP contribution in [0, 0.1) is 0 Å². The SMILES string of the molecule is O=C(N/N=C\c1cc(Br)c(OCc2ccc(Cl)cc2Cl)c(Br)c1)c1ccccc1Br. The molecule has 0 aliphatic carbocycles. The predicted octanol–water partition coefficient (Wildman–Crippen LogP) is 7.62. The molecule has 0 atom stereocenters. The maximum absolute atomic E-state index is 12.2. The van der Waals surface area contributed by atoms with Gasteiger partial charge in [-0.05, 0) is 89.8 Å². The highest BCUT2D eigenvalue weighted by Gasteiger charge is 2.11. The number of hydrazone groups is 1. The smallest absolute Gasteiger partial charge is 0.272 e. The van der Waals surface area contributed by atoms with Crippen LogP contribution < -0.4 is 10.2 Å². The first kappa shape index (κ1) is 23.3. The molecule has 0 saturated heterocycles. The van der Waals surface area contributed by atoms with Crippen molar-refractivity contribution in [3.05, 3.63) is 94.8 Å². The number of carbonyl (C=O) groups is 1. The number of amides is 1. The van der Waals surface area contributed by atoms with Crippen LogP contribution in [0.3, 0.4) is 0 Å². The first-order valence-electron chi connectivity index (χ1n) is 8.49. The van der Waals surface area contributed by atoms with Gasteiger partial charge in [0.2, 0.25) is 0 Å². The van der Waals surface area contributed by atoms with Gasteiger partial charge in [0.05, 0.1) is 20.7 Å². The summed E-state index contributed by atoms with van der Waals surface area (Å²) in [4.78, 5) is 12.2. The minimum absolute atomic E-state index is 0.280. The highest BCUT2D eigenvalue weighted by atomic mass is 79.9. The summed E-state index contributed by atoms with van der Waals surface area (Å²) in [5.41, 5.74) is 4.60. The number of ether oxygens (including phenoxy) is 1. The van der Waals surface area contributed by atoms with Crippen molar-refractivity contribution in [3.63, 3.8) is 0 Å². The average Bonchev–Trinajstić information content (AvgIpc) is 2.69. The molecule has 0 aliphatic heterocycles. The zero-order valence-electron chi connectivity index (χ0n) is 15.1. The Morgan fingerprint density at radius 2 is 1.70 bits per heavy atom. The number of carbonyl (C=O) groups excluding carboxylic acids is 1. The van der Waals surface area contributed by atoms with Crippen LogP contribution in [0.4, 0.5) is 0 Å². The largest absolute Gasteiger partial charge is 0.486 e. The summed E-state index contributed by atoms with van der Waals surface area (Å²) in [6, 6.07) is 16.0. The number of nitrogens with zero attached hydrogens (tertiary/aromatic N) is 1. The average molecular weight is 636 g/mol. The van der Waals surface area contributed by atoms with Gasteiger partial charge in [-0.25, -0.2) is 5.43 Å². The second-order valence-corrected chi connectivity index (χ2v) is 9.42. The number of hydrogen-bond acceptors (Lipinski definition) is 3.